The summed E-state index contributed by atoms with van der Waals surface area (Å²) in [4.78, 5) is 13.0. The van der Waals surface area contributed by atoms with Crippen molar-refractivity contribution >= 4 is 22.6 Å². The molecule has 3 aromatic rings. The summed E-state index contributed by atoms with van der Waals surface area (Å²) < 4.78 is 11.5. The Kier molecular flexibility index (Phi) is 7.04. The standard InChI is InChI=1S/C29H38N2O3/c1-18-8-7-9-24(19(18)2)30-17-20-10-15-25(33-6)27-23(20)16-26(34-27)28(32)31-22-13-11-21(12-14-22)29(3,4)5/h10-16,18-19,24,30H,7-9,17H2,1-6H3,(H,31,32). The van der Waals surface area contributed by atoms with Gasteiger partial charge < -0.3 is 19.8 Å². The van der Waals surface area contributed by atoms with Crippen LogP contribution in [0.15, 0.2) is 46.9 Å². The van der Waals surface area contributed by atoms with E-state index < -0.39 is 0 Å². The number of hydrogen-bond acceptors (Lipinski definition) is 4. The van der Waals surface area contributed by atoms with Gasteiger partial charge in [0.1, 0.15) is 0 Å². The molecule has 1 aliphatic carbocycles. The van der Waals surface area contributed by atoms with Gasteiger partial charge in [0.05, 0.1) is 7.11 Å². The molecule has 0 aliphatic heterocycles. The second-order valence-electron chi connectivity index (χ2n) is 10.8. The van der Waals surface area contributed by atoms with E-state index in [0.29, 0.717) is 23.3 Å². The van der Waals surface area contributed by atoms with E-state index in [1.807, 2.05) is 36.4 Å². The first-order chi connectivity index (χ1) is 16.2. The number of furan rings is 1. The van der Waals surface area contributed by atoms with Gasteiger partial charge in [0.15, 0.2) is 17.1 Å². The Morgan fingerprint density at radius 2 is 1.82 bits per heavy atom. The Morgan fingerprint density at radius 3 is 2.50 bits per heavy atom. The van der Waals surface area contributed by atoms with E-state index in [1.165, 1.54) is 24.8 Å². The minimum absolute atomic E-state index is 0.0652. The first kappa shape index (κ1) is 24.3. The highest BCUT2D eigenvalue weighted by Crippen LogP contribution is 2.34. The van der Waals surface area contributed by atoms with Gasteiger partial charge in [-0.2, -0.15) is 0 Å². The Bertz CT molecular complexity index is 1140. The second kappa shape index (κ2) is 9.83. The van der Waals surface area contributed by atoms with Gasteiger partial charge in [-0.15, -0.1) is 0 Å². The topological polar surface area (TPSA) is 63.5 Å². The summed E-state index contributed by atoms with van der Waals surface area (Å²) in [6.45, 7) is 11.9. The minimum atomic E-state index is -0.268. The van der Waals surface area contributed by atoms with Crippen LogP contribution in [0, 0.1) is 11.8 Å². The smallest absolute Gasteiger partial charge is 0.291 e. The first-order valence-corrected chi connectivity index (χ1v) is 12.4. The third-order valence-corrected chi connectivity index (χ3v) is 7.45. The summed E-state index contributed by atoms with van der Waals surface area (Å²) in [5.74, 6) is 2.03. The van der Waals surface area contributed by atoms with Gasteiger partial charge in [0, 0.05) is 23.7 Å². The van der Waals surface area contributed by atoms with E-state index in [4.69, 9.17) is 9.15 Å². The number of rotatable bonds is 6. The van der Waals surface area contributed by atoms with Crippen molar-refractivity contribution in [1.29, 1.82) is 0 Å². The molecule has 1 saturated carbocycles. The number of nitrogens with one attached hydrogen (secondary N) is 2. The lowest BCUT2D eigenvalue weighted by Crippen LogP contribution is -2.40. The van der Waals surface area contributed by atoms with Crippen molar-refractivity contribution < 1.29 is 13.9 Å². The number of carbonyl (C=O) groups excluding carboxylic acids is 1. The second-order valence-corrected chi connectivity index (χ2v) is 10.8. The average Bonchev–Trinajstić information content (AvgIpc) is 3.26. The molecule has 5 nitrogen and oxygen atoms in total. The molecule has 34 heavy (non-hydrogen) atoms. The highest BCUT2D eigenvalue weighted by atomic mass is 16.5. The van der Waals surface area contributed by atoms with E-state index in [2.05, 4.69) is 51.3 Å². The number of hydrogen-bond donors (Lipinski definition) is 2. The van der Waals surface area contributed by atoms with Gasteiger partial charge in [-0.3, -0.25) is 4.79 Å². The molecule has 0 bridgehead atoms. The zero-order valence-electron chi connectivity index (χ0n) is 21.3. The van der Waals surface area contributed by atoms with E-state index in [-0.39, 0.29) is 17.1 Å². The Balaban J connectivity index is 1.54. The number of methoxy groups -OCH3 is 1. The quantitative estimate of drug-likeness (QED) is 0.418. The summed E-state index contributed by atoms with van der Waals surface area (Å²) in [6, 6.07) is 14.3. The number of benzene rings is 2. The van der Waals surface area contributed by atoms with Crippen LogP contribution in [0.2, 0.25) is 0 Å². The van der Waals surface area contributed by atoms with E-state index in [1.54, 1.807) is 7.11 Å². The summed E-state index contributed by atoms with van der Waals surface area (Å²) in [6.07, 6.45) is 3.79. The summed E-state index contributed by atoms with van der Waals surface area (Å²) in [5, 5.41) is 7.63. The molecule has 3 unspecified atom stereocenters. The normalized spacial score (nSPS) is 20.9. The molecule has 1 amide bonds. The molecule has 4 rings (SSSR count). The van der Waals surface area contributed by atoms with Crippen molar-refractivity contribution in [1.82, 2.24) is 5.32 Å². The molecule has 2 N–H and O–H groups in total. The largest absolute Gasteiger partial charge is 0.493 e. The monoisotopic (exact) mass is 462 g/mol. The maximum absolute atomic E-state index is 13.0. The third kappa shape index (κ3) is 5.15. The van der Waals surface area contributed by atoms with E-state index >= 15 is 0 Å². The zero-order valence-corrected chi connectivity index (χ0v) is 21.3. The molecule has 3 atom stereocenters. The fourth-order valence-electron chi connectivity index (χ4n) is 4.94. The predicted molar refractivity (Wildman–Crippen MR) is 139 cm³/mol. The summed E-state index contributed by atoms with van der Waals surface area (Å²) in [5.41, 5.74) is 3.75. The number of carbonyl (C=O) groups is 1. The van der Waals surface area contributed by atoms with Crippen molar-refractivity contribution in [3.63, 3.8) is 0 Å². The number of amides is 1. The molecule has 0 radical (unpaired) electrons. The molecular formula is C29H38N2O3. The van der Waals surface area contributed by atoms with Gasteiger partial charge >= 0.3 is 0 Å². The Morgan fingerprint density at radius 1 is 1.09 bits per heavy atom. The van der Waals surface area contributed by atoms with E-state index in [9.17, 15) is 4.79 Å². The van der Waals surface area contributed by atoms with E-state index in [0.717, 1.165) is 29.1 Å². The van der Waals surface area contributed by atoms with Crippen LogP contribution in [-0.2, 0) is 12.0 Å². The van der Waals surface area contributed by atoms with Gasteiger partial charge in [-0.25, -0.2) is 0 Å². The van der Waals surface area contributed by atoms with Crippen LogP contribution in [0.3, 0.4) is 0 Å². The molecule has 0 spiro atoms. The average molecular weight is 463 g/mol. The van der Waals surface area contributed by atoms with Crippen molar-refractivity contribution in [3.05, 3.63) is 59.4 Å². The van der Waals surface area contributed by atoms with Crippen LogP contribution in [0.4, 0.5) is 5.69 Å². The first-order valence-electron chi connectivity index (χ1n) is 12.4. The lowest BCUT2D eigenvalue weighted by atomic mass is 9.78. The van der Waals surface area contributed by atoms with Gasteiger partial charge in [0.2, 0.25) is 0 Å². The lowest BCUT2D eigenvalue weighted by molar-refractivity contribution is 0.0998. The van der Waals surface area contributed by atoms with Crippen LogP contribution < -0.4 is 15.4 Å². The van der Waals surface area contributed by atoms with Crippen molar-refractivity contribution in [3.8, 4) is 5.75 Å². The molecule has 1 fully saturated rings. The van der Waals surface area contributed by atoms with Gasteiger partial charge in [-0.05, 0) is 59.1 Å². The SMILES string of the molecule is COc1ccc(CNC2CCCC(C)C2C)c2cc(C(=O)Nc3ccc(C(C)(C)C)cc3)oc12. The fraction of sp³-hybridized carbons (Fsp3) is 0.483. The molecule has 2 aromatic carbocycles. The van der Waals surface area contributed by atoms with Crippen molar-refractivity contribution in [2.75, 3.05) is 12.4 Å². The lowest BCUT2D eigenvalue weighted by Gasteiger charge is -2.34. The molecule has 5 heteroatoms. The fourth-order valence-corrected chi connectivity index (χ4v) is 4.94. The van der Waals surface area contributed by atoms with Gasteiger partial charge in [-0.1, -0.05) is 65.7 Å². The van der Waals surface area contributed by atoms with Crippen molar-refractivity contribution in [2.45, 2.75) is 71.9 Å². The van der Waals surface area contributed by atoms with Crippen LogP contribution in [0.1, 0.15) is 75.6 Å². The van der Waals surface area contributed by atoms with Crippen LogP contribution >= 0.6 is 0 Å². The van der Waals surface area contributed by atoms with Crippen molar-refractivity contribution in [2.24, 2.45) is 11.8 Å². The highest BCUT2D eigenvalue weighted by molar-refractivity contribution is 6.05. The summed E-state index contributed by atoms with van der Waals surface area (Å²) in [7, 11) is 1.62. The molecule has 1 heterocycles. The third-order valence-electron chi connectivity index (χ3n) is 7.45. The molecule has 0 saturated heterocycles. The maximum atomic E-state index is 13.0. The van der Waals surface area contributed by atoms with Crippen LogP contribution in [0.5, 0.6) is 5.75 Å². The molecule has 1 aromatic heterocycles. The molecule has 1 aliphatic rings. The number of ether oxygens (including phenoxy) is 1. The number of fused-ring (bicyclic) bond motifs is 1. The Hall–Kier alpha value is -2.79. The summed E-state index contributed by atoms with van der Waals surface area (Å²) >= 11 is 0. The zero-order chi connectivity index (χ0) is 24.5. The maximum Gasteiger partial charge on any atom is 0.291 e. The van der Waals surface area contributed by atoms with Crippen LogP contribution in [-0.4, -0.2) is 19.1 Å². The number of anilines is 1. The predicted octanol–water partition coefficient (Wildman–Crippen LogP) is 6.91. The van der Waals surface area contributed by atoms with Crippen LogP contribution in [0.25, 0.3) is 11.0 Å². The molecule has 182 valence electrons. The minimum Gasteiger partial charge on any atom is -0.493 e. The van der Waals surface area contributed by atoms with Gasteiger partial charge in [0.25, 0.3) is 5.91 Å². The highest BCUT2D eigenvalue weighted by Gasteiger charge is 2.27. The molecular weight excluding hydrogens is 424 g/mol. The Labute approximate surface area is 203 Å².